The average molecular weight is 532 g/mol. The molecule has 0 aliphatic rings. The van der Waals surface area contributed by atoms with E-state index < -0.39 is 11.8 Å². The predicted molar refractivity (Wildman–Crippen MR) is 121 cm³/mol. The number of carbonyl (C=O) groups is 3. The van der Waals surface area contributed by atoms with Gasteiger partial charge in [0.05, 0.1) is 0 Å². The lowest BCUT2D eigenvalue weighted by molar-refractivity contribution is -0.113. The minimum atomic E-state index is -0.564. The molecule has 0 radical (unpaired) electrons. The molecule has 1 heterocycles. The quantitative estimate of drug-likeness (QED) is 0.328. The molecule has 3 rings (SSSR count). The van der Waals surface area contributed by atoms with E-state index in [4.69, 9.17) is 4.42 Å². The highest BCUT2D eigenvalue weighted by Gasteiger charge is 2.17. The van der Waals surface area contributed by atoms with Crippen molar-refractivity contribution in [3.63, 3.8) is 0 Å². The lowest BCUT2D eigenvalue weighted by Gasteiger charge is -2.11. The molecule has 0 aliphatic heterocycles. The Labute approximate surface area is 189 Å². The molecule has 0 fully saturated rings. The van der Waals surface area contributed by atoms with Gasteiger partial charge in [-0.3, -0.25) is 14.4 Å². The number of halogens is 2. The monoisotopic (exact) mass is 530 g/mol. The first-order chi connectivity index (χ1) is 14.3. The normalized spacial score (nSPS) is 11.1. The average Bonchev–Trinajstić information content (AvgIpc) is 3.16. The third-order valence-corrected chi connectivity index (χ3v) is 4.97. The van der Waals surface area contributed by atoms with E-state index in [1.54, 1.807) is 48.5 Å². The Balaban J connectivity index is 1.85. The van der Waals surface area contributed by atoms with Gasteiger partial charge in [0.15, 0.2) is 16.2 Å². The molecule has 8 heteroatoms. The second kappa shape index (κ2) is 9.69. The summed E-state index contributed by atoms with van der Waals surface area (Å²) in [6, 6.07) is 16.8. The maximum absolute atomic E-state index is 12.9. The molecule has 0 saturated carbocycles. The van der Waals surface area contributed by atoms with Gasteiger partial charge < -0.3 is 15.1 Å². The lowest BCUT2D eigenvalue weighted by Crippen LogP contribution is -2.30. The number of Topliss-reactive ketones (excluding diaryl/α,β-unsaturated/α-hetero) is 1. The van der Waals surface area contributed by atoms with Crippen molar-refractivity contribution in [2.24, 2.45) is 0 Å². The van der Waals surface area contributed by atoms with Gasteiger partial charge in [0.25, 0.3) is 11.8 Å². The topological polar surface area (TPSA) is 88.4 Å². The SMILES string of the molecule is CC(=O)c1ccc(NC(=O)/C(=C\c2ccc(Br)cc2)NC(=O)c2ccc(Br)o2)cc1. The van der Waals surface area contributed by atoms with Crippen molar-refractivity contribution < 1.29 is 18.8 Å². The molecule has 2 N–H and O–H groups in total. The van der Waals surface area contributed by atoms with Crippen LogP contribution < -0.4 is 10.6 Å². The first-order valence-electron chi connectivity index (χ1n) is 8.78. The summed E-state index contributed by atoms with van der Waals surface area (Å²) in [4.78, 5) is 36.8. The zero-order chi connectivity index (χ0) is 21.7. The number of rotatable bonds is 6. The Bertz CT molecular complexity index is 1120. The van der Waals surface area contributed by atoms with Gasteiger partial charge in [-0.05, 0) is 83.0 Å². The largest absolute Gasteiger partial charge is 0.444 e. The maximum atomic E-state index is 12.9. The number of hydrogen-bond acceptors (Lipinski definition) is 4. The first kappa shape index (κ1) is 21.7. The summed E-state index contributed by atoms with van der Waals surface area (Å²) in [7, 11) is 0. The van der Waals surface area contributed by atoms with E-state index in [1.165, 1.54) is 13.0 Å². The predicted octanol–water partition coefficient (Wildman–Crippen LogP) is 5.42. The van der Waals surface area contributed by atoms with Crippen molar-refractivity contribution >= 4 is 61.2 Å². The third kappa shape index (κ3) is 5.77. The van der Waals surface area contributed by atoms with E-state index in [0.29, 0.717) is 15.9 Å². The highest BCUT2D eigenvalue weighted by atomic mass is 79.9. The zero-order valence-corrected chi connectivity index (χ0v) is 18.9. The van der Waals surface area contributed by atoms with E-state index in [0.717, 1.165) is 10.0 Å². The molecular formula is C22H16Br2N2O4. The van der Waals surface area contributed by atoms with Gasteiger partial charge in [0.1, 0.15) is 5.70 Å². The van der Waals surface area contributed by atoms with Crippen LogP contribution >= 0.6 is 31.9 Å². The van der Waals surface area contributed by atoms with Crippen LogP contribution in [-0.2, 0) is 4.79 Å². The van der Waals surface area contributed by atoms with E-state index in [1.807, 2.05) is 12.1 Å². The van der Waals surface area contributed by atoms with Crippen LogP contribution in [-0.4, -0.2) is 17.6 Å². The van der Waals surface area contributed by atoms with Crippen molar-refractivity contribution in [1.82, 2.24) is 5.32 Å². The summed E-state index contributed by atoms with van der Waals surface area (Å²) in [6.07, 6.45) is 1.56. The van der Waals surface area contributed by atoms with Crippen LogP contribution in [0.15, 0.2) is 79.9 Å². The summed E-state index contributed by atoms with van der Waals surface area (Å²) in [5.74, 6) is -1.10. The molecule has 1 aromatic heterocycles. The van der Waals surface area contributed by atoms with Gasteiger partial charge in [-0.2, -0.15) is 0 Å². The molecule has 3 aromatic rings. The number of nitrogens with one attached hydrogen (secondary N) is 2. The fraction of sp³-hybridized carbons (Fsp3) is 0.0455. The molecule has 0 spiro atoms. The molecule has 0 atom stereocenters. The number of carbonyl (C=O) groups excluding carboxylic acids is 3. The second-order valence-corrected chi connectivity index (χ2v) is 7.95. The standard InChI is InChI=1S/C22H16Br2N2O4/c1-13(27)15-4-8-17(9-5-15)25-21(28)18(12-14-2-6-16(23)7-3-14)26-22(29)19-10-11-20(24)30-19/h2-12H,1H3,(H,25,28)(H,26,29)/b18-12+. The van der Waals surface area contributed by atoms with Gasteiger partial charge in [-0.15, -0.1) is 0 Å². The van der Waals surface area contributed by atoms with Gasteiger partial charge in [0.2, 0.25) is 0 Å². The first-order valence-corrected chi connectivity index (χ1v) is 10.4. The van der Waals surface area contributed by atoms with Crippen LogP contribution in [0.1, 0.15) is 33.4 Å². The number of amides is 2. The second-order valence-electron chi connectivity index (χ2n) is 6.26. The van der Waals surface area contributed by atoms with Gasteiger partial charge in [-0.1, -0.05) is 28.1 Å². The summed E-state index contributed by atoms with van der Waals surface area (Å²) in [5.41, 5.74) is 1.78. The van der Waals surface area contributed by atoms with E-state index in [-0.39, 0.29) is 17.2 Å². The van der Waals surface area contributed by atoms with Crippen LogP contribution in [0, 0.1) is 0 Å². The smallest absolute Gasteiger partial charge is 0.291 e. The van der Waals surface area contributed by atoms with Crippen molar-refractivity contribution in [3.8, 4) is 0 Å². The van der Waals surface area contributed by atoms with Gasteiger partial charge in [-0.25, -0.2) is 0 Å². The molecule has 0 aliphatic carbocycles. The number of anilines is 1. The molecule has 6 nitrogen and oxygen atoms in total. The highest BCUT2D eigenvalue weighted by Crippen LogP contribution is 2.17. The van der Waals surface area contributed by atoms with E-state index >= 15 is 0 Å². The minimum Gasteiger partial charge on any atom is -0.444 e. The molecule has 30 heavy (non-hydrogen) atoms. The molecule has 0 unspecified atom stereocenters. The van der Waals surface area contributed by atoms with Crippen molar-refractivity contribution in [2.75, 3.05) is 5.32 Å². The summed E-state index contributed by atoms with van der Waals surface area (Å²) >= 11 is 6.51. The molecule has 152 valence electrons. The van der Waals surface area contributed by atoms with Crippen LogP contribution in [0.4, 0.5) is 5.69 Å². The fourth-order valence-corrected chi connectivity index (χ4v) is 3.06. The minimum absolute atomic E-state index is 0.0329. The fourth-order valence-electron chi connectivity index (χ4n) is 2.49. The third-order valence-electron chi connectivity index (χ3n) is 4.02. The lowest BCUT2D eigenvalue weighted by atomic mass is 10.1. The molecule has 2 amide bonds. The van der Waals surface area contributed by atoms with Crippen LogP contribution in [0.2, 0.25) is 0 Å². The Hall–Kier alpha value is -2.97. The number of benzene rings is 2. The van der Waals surface area contributed by atoms with E-state index in [9.17, 15) is 14.4 Å². The Morgan fingerprint density at radius 1 is 0.900 bits per heavy atom. The molecule has 0 bridgehead atoms. The maximum Gasteiger partial charge on any atom is 0.291 e. The number of furan rings is 1. The Morgan fingerprint density at radius 2 is 1.57 bits per heavy atom. The summed E-state index contributed by atoms with van der Waals surface area (Å²) in [5, 5.41) is 5.31. The zero-order valence-electron chi connectivity index (χ0n) is 15.7. The van der Waals surface area contributed by atoms with Gasteiger partial charge in [0, 0.05) is 15.7 Å². The molecule has 2 aromatic carbocycles. The highest BCUT2D eigenvalue weighted by molar-refractivity contribution is 9.10. The number of hydrogen-bond donors (Lipinski definition) is 2. The van der Waals surface area contributed by atoms with Gasteiger partial charge >= 0.3 is 0 Å². The summed E-state index contributed by atoms with van der Waals surface area (Å²) < 4.78 is 6.55. The van der Waals surface area contributed by atoms with Crippen LogP contribution in [0.5, 0.6) is 0 Å². The molecular weight excluding hydrogens is 516 g/mol. The summed E-state index contributed by atoms with van der Waals surface area (Å²) in [6.45, 7) is 1.47. The van der Waals surface area contributed by atoms with Crippen molar-refractivity contribution in [3.05, 3.63) is 92.4 Å². The molecule has 0 saturated heterocycles. The van der Waals surface area contributed by atoms with Crippen molar-refractivity contribution in [2.45, 2.75) is 6.92 Å². The number of ketones is 1. The van der Waals surface area contributed by atoms with Crippen molar-refractivity contribution in [1.29, 1.82) is 0 Å². The van der Waals surface area contributed by atoms with Crippen LogP contribution in [0.3, 0.4) is 0 Å². The Morgan fingerprint density at radius 3 is 2.13 bits per heavy atom. The Kier molecular flexibility index (Phi) is 7.02. The van der Waals surface area contributed by atoms with E-state index in [2.05, 4.69) is 42.5 Å². The van der Waals surface area contributed by atoms with Crippen LogP contribution in [0.25, 0.3) is 6.08 Å².